The minimum atomic E-state index is -0.175. The van der Waals surface area contributed by atoms with Crippen LogP contribution in [0, 0.1) is 0 Å². The SMILES string of the molecule is CC(=O)N(C)c1ccc(NC(=O)c2cccnc2N2CCCCC2)cc1. The molecule has 2 amide bonds. The van der Waals surface area contributed by atoms with Gasteiger partial charge in [-0.05, 0) is 55.7 Å². The van der Waals surface area contributed by atoms with E-state index in [-0.39, 0.29) is 11.8 Å². The fourth-order valence-electron chi connectivity index (χ4n) is 3.08. The number of piperidine rings is 1. The molecule has 0 bridgehead atoms. The first-order chi connectivity index (χ1) is 12.6. The minimum Gasteiger partial charge on any atom is -0.356 e. The number of aromatic nitrogens is 1. The second kappa shape index (κ2) is 7.99. The van der Waals surface area contributed by atoms with Crippen LogP contribution in [-0.4, -0.2) is 36.9 Å². The molecule has 1 saturated heterocycles. The largest absolute Gasteiger partial charge is 0.356 e. The number of nitrogens with zero attached hydrogens (tertiary/aromatic N) is 3. The zero-order valence-electron chi connectivity index (χ0n) is 15.2. The first-order valence-electron chi connectivity index (χ1n) is 8.92. The van der Waals surface area contributed by atoms with Crippen molar-refractivity contribution in [3.05, 3.63) is 48.2 Å². The Balaban J connectivity index is 1.75. The maximum atomic E-state index is 12.8. The lowest BCUT2D eigenvalue weighted by Crippen LogP contribution is -2.32. The van der Waals surface area contributed by atoms with Crippen LogP contribution in [0.2, 0.25) is 0 Å². The van der Waals surface area contributed by atoms with E-state index in [1.54, 1.807) is 36.3 Å². The number of amides is 2. The first-order valence-corrected chi connectivity index (χ1v) is 8.92. The molecular formula is C20H24N4O2. The van der Waals surface area contributed by atoms with Crippen LogP contribution in [-0.2, 0) is 4.79 Å². The number of anilines is 3. The molecule has 1 aromatic carbocycles. The summed E-state index contributed by atoms with van der Waals surface area (Å²) in [4.78, 5) is 32.4. The average molecular weight is 352 g/mol. The number of rotatable bonds is 4. The topological polar surface area (TPSA) is 65.5 Å². The molecule has 0 spiro atoms. The van der Waals surface area contributed by atoms with Gasteiger partial charge in [-0.15, -0.1) is 0 Å². The Bertz CT molecular complexity index is 783. The Kier molecular flexibility index (Phi) is 5.51. The number of pyridine rings is 1. The van der Waals surface area contributed by atoms with E-state index in [2.05, 4.69) is 15.2 Å². The summed E-state index contributed by atoms with van der Waals surface area (Å²) < 4.78 is 0. The smallest absolute Gasteiger partial charge is 0.259 e. The Morgan fingerprint density at radius 3 is 2.42 bits per heavy atom. The number of hydrogen-bond donors (Lipinski definition) is 1. The highest BCUT2D eigenvalue weighted by molar-refractivity contribution is 6.07. The highest BCUT2D eigenvalue weighted by Gasteiger charge is 2.19. The van der Waals surface area contributed by atoms with Crippen molar-refractivity contribution in [1.82, 2.24) is 4.98 Å². The van der Waals surface area contributed by atoms with Crippen LogP contribution < -0.4 is 15.1 Å². The first kappa shape index (κ1) is 17.9. The molecule has 26 heavy (non-hydrogen) atoms. The molecule has 1 aliphatic heterocycles. The van der Waals surface area contributed by atoms with Gasteiger partial charge in [0.1, 0.15) is 5.82 Å². The highest BCUT2D eigenvalue weighted by atomic mass is 16.2. The Morgan fingerprint density at radius 1 is 1.08 bits per heavy atom. The van der Waals surface area contributed by atoms with Crippen LogP contribution in [0.15, 0.2) is 42.6 Å². The van der Waals surface area contributed by atoms with E-state index < -0.39 is 0 Å². The second-order valence-corrected chi connectivity index (χ2v) is 6.50. The summed E-state index contributed by atoms with van der Waals surface area (Å²) in [6, 6.07) is 10.8. The van der Waals surface area contributed by atoms with E-state index in [1.807, 2.05) is 18.2 Å². The average Bonchev–Trinajstić information content (AvgIpc) is 2.68. The van der Waals surface area contributed by atoms with E-state index in [0.717, 1.165) is 37.4 Å². The van der Waals surface area contributed by atoms with Gasteiger partial charge in [0, 0.05) is 44.6 Å². The van der Waals surface area contributed by atoms with Crippen LogP contribution in [0.1, 0.15) is 36.5 Å². The molecule has 0 radical (unpaired) electrons. The van der Waals surface area contributed by atoms with Gasteiger partial charge < -0.3 is 15.1 Å². The van der Waals surface area contributed by atoms with Crippen molar-refractivity contribution in [3.8, 4) is 0 Å². The monoisotopic (exact) mass is 352 g/mol. The molecule has 2 aromatic rings. The lowest BCUT2D eigenvalue weighted by atomic mass is 10.1. The third kappa shape index (κ3) is 4.02. The van der Waals surface area contributed by atoms with Crippen molar-refractivity contribution in [2.45, 2.75) is 26.2 Å². The Morgan fingerprint density at radius 2 is 1.77 bits per heavy atom. The molecule has 3 rings (SSSR count). The second-order valence-electron chi connectivity index (χ2n) is 6.50. The van der Waals surface area contributed by atoms with Crippen molar-refractivity contribution >= 4 is 29.0 Å². The molecule has 1 aliphatic rings. The summed E-state index contributed by atoms with van der Waals surface area (Å²) >= 11 is 0. The molecule has 1 fully saturated rings. The van der Waals surface area contributed by atoms with E-state index in [9.17, 15) is 9.59 Å². The van der Waals surface area contributed by atoms with Gasteiger partial charge in [0.15, 0.2) is 0 Å². The van der Waals surface area contributed by atoms with Crippen LogP contribution >= 0.6 is 0 Å². The van der Waals surface area contributed by atoms with Gasteiger partial charge >= 0.3 is 0 Å². The van der Waals surface area contributed by atoms with Gasteiger partial charge in [-0.1, -0.05) is 0 Å². The summed E-state index contributed by atoms with van der Waals surface area (Å²) in [6.07, 6.45) is 5.21. The standard InChI is InChI=1S/C20H24N4O2/c1-15(25)23(2)17-10-8-16(9-11-17)22-20(26)18-7-6-12-21-19(18)24-13-4-3-5-14-24/h6-12H,3-5,13-14H2,1-2H3,(H,22,26). The van der Waals surface area contributed by atoms with Crippen molar-refractivity contribution in [3.63, 3.8) is 0 Å². The number of hydrogen-bond acceptors (Lipinski definition) is 4. The molecule has 1 aromatic heterocycles. The quantitative estimate of drug-likeness (QED) is 0.917. The number of carbonyl (C=O) groups is 2. The molecule has 136 valence electrons. The summed E-state index contributed by atoms with van der Waals surface area (Å²) in [5.74, 6) is 0.535. The maximum Gasteiger partial charge on any atom is 0.259 e. The Labute approximate surface area is 153 Å². The summed E-state index contributed by atoms with van der Waals surface area (Å²) in [5.41, 5.74) is 2.05. The van der Waals surface area contributed by atoms with E-state index in [1.165, 1.54) is 13.3 Å². The van der Waals surface area contributed by atoms with Gasteiger partial charge in [0.25, 0.3) is 5.91 Å². The zero-order valence-corrected chi connectivity index (χ0v) is 15.2. The molecule has 0 unspecified atom stereocenters. The third-order valence-electron chi connectivity index (χ3n) is 4.67. The van der Waals surface area contributed by atoms with Crippen molar-refractivity contribution in [2.75, 3.05) is 35.3 Å². The summed E-state index contributed by atoms with van der Waals surface area (Å²) in [6.45, 7) is 3.38. The minimum absolute atomic E-state index is 0.0386. The molecule has 6 nitrogen and oxygen atoms in total. The molecular weight excluding hydrogens is 328 g/mol. The molecule has 1 N–H and O–H groups in total. The van der Waals surface area contributed by atoms with Gasteiger partial charge in [-0.2, -0.15) is 0 Å². The Hall–Kier alpha value is -2.89. The fraction of sp³-hybridized carbons (Fsp3) is 0.350. The maximum absolute atomic E-state index is 12.8. The van der Waals surface area contributed by atoms with Gasteiger partial charge in [-0.25, -0.2) is 4.98 Å². The number of benzene rings is 1. The van der Waals surface area contributed by atoms with E-state index in [0.29, 0.717) is 11.3 Å². The molecule has 2 heterocycles. The van der Waals surface area contributed by atoms with Crippen LogP contribution in [0.3, 0.4) is 0 Å². The van der Waals surface area contributed by atoms with Crippen molar-refractivity contribution in [2.24, 2.45) is 0 Å². The normalized spacial score (nSPS) is 14.0. The highest BCUT2D eigenvalue weighted by Crippen LogP contribution is 2.23. The number of nitrogens with one attached hydrogen (secondary N) is 1. The third-order valence-corrected chi connectivity index (χ3v) is 4.67. The van der Waals surface area contributed by atoms with Crippen molar-refractivity contribution < 1.29 is 9.59 Å². The van der Waals surface area contributed by atoms with Gasteiger partial charge in [0.05, 0.1) is 5.56 Å². The molecule has 0 saturated carbocycles. The van der Waals surface area contributed by atoms with E-state index in [4.69, 9.17) is 0 Å². The summed E-state index contributed by atoms with van der Waals surface area (Å²) in [5, 5.41) is 2.92. The predicted molar refractivity (Wildman–Crippen MR) is 104 cm³/mol. The van der Waals surface area contributed by atoms with E-state index >= 15 is 0 Å². The number of carbonyl (C=O) groups excluding carboxylic acids is 2. The van der Waals surface area contributed by atoms with Crippen LogP contribution in [0.25, 0.3) is 0 Å². The predicted octanol–water partition coefficient (Wildman–Crippen LogP) is 3.31. The van der Waals surface area contributed by atoms with Gasteiger partial charge in [0.2, 0.25) is 5.91 Å². The molecule has 0 atom stereocenters. The van der Waals surface area contributed by atoms with Gasteiger partial charge in [-0.3, -0.25) is 9.59 Å². The fourth-order valence-corrected chi connectivity index (χ4v) is 3.08. The van der Waals surface area contributed by atoms with Crippen LogP contribution in [0.4, 0.5) is 17.2 Å². The molecule has 6 heteroatoms. The summed E-state index contributed by atoms with van der Waals surface area (Å²) in [7, 11) is 1.72. The molecule has 0 aliphatic carbocycles. The van der Waals surface area contributed by atoms with Crippen molar-refractivity contribution in [1.29, 1.82) is 0 Å². The lowest BCUT2D eigenvalue weighted by Gasteiger charge is -2.29. The van der Waals surface area contributed by atoms with Crippen LogP contribution in [0.5, 0.6) is 0 Å². The lowest BCUT2D eigenvalue weighted by molar-refractivity contribution is -0.116. The zero-order chi connectivity index (χ0) is 18.5.